The zero-order valence-corrected chi connectivity index (χ0v) is 15.3. The van der Waals surface area contributed by atoms with Crippen LogP contribution in [0, 0.1) is 5.82 Å². The molecule has 4 rings (SSSR count). The molecule has 2 aliphatic rings. The summed E-state index contributed by atoms with van der Waals surface area (Å²) in [4.78, 5) is 26.3. The Hall–Kier alpha value is -2.80. The Morgan fingerprint density at radius 3 is 2.63 bits per heavy atom. The number of hydrogen-bond donors (Lipinski definition) is 1. The van der Waals surface area contributed by atoms with Crippen LogP contribution in [0.2, 0.25) is 0 Å². The van der Waals surface area contributed by atoms with E-state index in [1.54, 1.807) is 6.07 Å². The summed E-state index contributed by atoms with van der Waals surface area (Å²) >= 11 is 5.09. The molecule has 0 atom stereocenters. The molecule has 1 aromatic carbocycles. The molecule has 1 N–H and O–H groups in total. The van der Waals surface area contributed by atoms with E-state index in [9.17, 15) is 14.0 Å². The molecule has 0 radical (unpaired) electrons. The molecule has 5 nitrogen and oxygen atoms in total. The van der Waals surface area contributed by atoms with E-state index >= 15 is 0 Å². The average Bonchev–Trinajstić information content (AvgIpc) is 3.31. The van der Waals surface area contributed by atoms with E-state index < -0.39 is 17.6 Å². The lowest BCUT2D eigenvalue weighted by atomic mass is 10.1. The smallest absolute Gasteiger partial charge is 0.270 e. The fraction of sp³-hybridized carbons (Fsp3) is 0.250. The van der Waals surface area contributed by atoms with Crippen LogP contribution in [0.15, 0.2) is 48.3 Å². The molecule has 2 aromatic rings. The minimum absolute atomic E-state index is 0.0157. The van der Waals surface area contributed by atoms with E-state index in [2.05, 4.69) is 9.88 Å². The summed E-state index contributed by atoms with van der Waals surface area (Å²) in [6.07, 6.45) is 10.1. The Balaban J connectivity index is 1.66. The van der Waals surface area contributed by atoms with E-state index in [1.165, 1.54) is 37.1 Å². The monoisotopic (exact) mass is 383 g/mol. The third-order valence-electron chi connectivity index (χ3n) is 4.99. The summed E-state index contributed by atoms with van der Waals surface area (Å²) in [6, 6.07) is 8.16. The van der Waals surface area contributed by atoms with Crippen molar-refractivity contribution in [2.24, 2.45) is 0 Å². The minimum Gasteiger partial charge on any atom is -0.351 e. The highest BCUT2D eigenvalue weighted by atomic mass is 32.1. The fourth-order valence-electron chi connectivity index (χ4n) is 3.62. The van der Waals surface area contributed by atoms with Crippen LogP contribution in [0.25, 0.3) is 6.08 Å². The standard InChI is InChI=1S/C20H18FN3O2S/c21-16-7-3-4-8-17(16)24-19(26)15(18(25)22-20(24)27)11-13-9-10-23(12-13)14-5-1-2-6-14/h3-4,7-12,14H,1-2,5-6H2,(H,22,25,27)/b15-11-. The number of nitrogens with zero attached hydrogens (tertiary/aromatic N) is 2. The predicted molar refractivity (Wildman–Crippen MR) is 105 cm³/mol. The Bertz CT molecular complexity index is 960. The van der Waals surface area contributed by atoms with Crippen molar-refractivity contribution in [3.8, 4) is 0 Å². The van der Waals surface area contributed by atoms with Crippen LogP contribution in [0.4, 0.5) is 10.1 Å². The van der Waals surface area contributed by atoms with Crippen molar-refractivity contribution in [3.63, 3.8) is 0 Å². The molecule has 138 valence electrons. The van der Waals surface area contributed by atoms with Gasteiger partial charge in [-0.25, -0.2) is 9.29 Å². The lowest BCUT2D eigenvalue weighted by Crippen LogP contribution is -2.54. The Morgan fingerprint density at radius 1 is 1.15 bits per heavy atom. The number of benzene rings is 1. The van der Waals surface area contributed by atoms with Gasteiger partial charge in [-0.3, -0.25) is 14.9 Å². The van der Waals surface area contributed by atoms with Gasteiger partial charge in [-0.1, -0.05) is 25.0 Å². The highest BCUT2D eigenvalue weighted by molar-refractivity contribution is 7.80. The summed E-state index contributed by atoms with van der Waals surface area (Å²) in [6.45, 7) is 0. The number of aromatic nitrogens is 1. The maximum Gasteiger partial charge on any atom is 0.270 e. The van der Waals surface area contributed by atoms with Crippen molar-refractivity contribution in [2.45, 2.75) is 31.7 Å². The van der Waals surface area contributed by atoms with E-state index in [0.29, 0.717) is 6.04 Å². The first-order chi connectivity index (χ1) is 13.0. The molecule has 2 fully saturated rings. The van der Waals surface area contributed by atoms with E-state index in [-0.39, 0.29) is 16.4 Å². The van der Waals surface area contributed by atoms with Gasteiger partial charge in [0.2, 0.25) is 0 Å². The number of para-hydroxylation sites is 1. The normalized spacial score (nSPS) is 19.8. The molecule has 0 spiro atoms. The zero-order chi connectivity index (χ0) is 19.0. The third-order valence-corrected chi connectivity index (χ3v) is 5.27. The van der Waals surface area contributed by atoms with Crippen LogP contribution in [0.5, 0.6) is 0 Å². The Morgan fingerprint density at radius 2 is 1.89 bits per heavy atom. The van der Waals surface area contributed by atoms with Crippen LogP contribution in [-0.4, -0.2) is 21.5 Å². The summed E-state index contributed by atoms with van der Waals surface area (Å²) in [5.41, 5.74) is 0.694. The minimum atomic E-state index is -0.637. The number of carbonyl (C=O) groups excluding carboxylic acids is 2. The van der Waals surface area contributed by atoms with Gasteiger partial charge in [0.25, 0.3) is 11.8 Å². The van der Waals surface area contributed by atoms with Crippen LogP contribution in [0.1, 0.15) is 37.3 Å². The van der Waals surface area contributed by atoms with Gasteiger partial charge < -0.3 is 4.57 Å². The van der Waals surface area contributed by atoms with Crippen molar-refractivity contribution in [2.75, 3.05) is 4.90 Å². The molecule has 2 heterocycles. The van der Waals surface area contributed by atoms with Gasteiger partial charge >= 0.3 is 0 Å². The van der Waals surface area contributed by atoms with Gasteiger partial charge in [-0.2, -0.15) is 0 Å². The van der Waals surface area contributed by atoms with E-state index in [0.717, 1.165) is 23.3 Å². The van der Waals surface area contributed by atoms with Crippen molar-refractivity contribution < 1.29 is 14.0 Å². The van der Waals surface area contributed by atoms with Crippen molar-refractivity contribution in [3.05, 3.63) is 59.7 Å². The lowest BCUT2D eigenvalue weighted by Gasteiger charge is -2.29. The number of hydrogen-bond acceptors (Lipinski definition) is 3. The van der Waals surface area contributed by atoms with Gasteiger partial charge in [0.1, 0.15) is 11.4 Å². The molecule has 0 bridgehead atoms. The quantitative estimate of drug-likeness (QED) is 0.501. The molecular formula is C20H18FN3O2S. The summed E-state index contributed by atoms with van der Waals surface area (Å²) in [5.74, 6) is -1.80. The lowest BCUT2D eigenvalue weighted by molar-refractivity contribution is -0.122. The maximum absolute atomic E-state index is 14.2. The highest BCUT2D eigenvalue weighted by Gasteiger charge is 2.35. The summed E-state index contributed by atoms with van der Waals surface area (Å²) < 4.78 is 16.3. The molecule has 1 aliphatic carbocycles. The largest absolute Gasteiger partial charge is 0.351 e. The van der Waals surface area contributed by atoms with Crippen molar-refractivity contribution >= 4 is 40.9 Å². The number of nitrogens with one attached hydrogen (secondary N) is 1. The molecule has 1 aromatic heterocycles. The zero-order valence-electron chi connectivity index (χ0n) is 14.5. The van der Waals surface area contributed by atoms with Crippen molar-refractivity contribution in [1.29, 1.82) is 0 Å². The van der Waals surface area contributed by atoms with Crippen LogP contribution in [0.3, 0.4) is 0 Å². The second-order valence-electron chi connectivity index (χ2n) is 6.74. The average molecular weight is 383 g/mol. The summed E-state index contributed by atoms with van der Waals surface area (Å²) in [7, 11) is 0. The Kier molecular flexibility index (Phi) is 4.61. The molecule has 1 saturated heterocycles. The number of thiocarbonyl (C=S) groups is 1. The second kappa shape index (κ2) is 7.08. The van der Waals surface area contributed by atoms with Crippen LogP contribution in [-0.2, 0) is 9.59 Å². The first-order valence-electron chi connectivity index (χ1n) is 8.88. The predicted octanol–water partition coefficient (Wildman–Crippen LogP) is 3.57. The number of carbonyl (C=O) groups is 2. The maximum atomic E-state index is 14.2. The van der Waals surface area contributed by atoms with Gasteiger partial charge in [0.15, 0.2) is 5.11 Å². The first kappa shape index (κ1) is 17.6. The molecular weight excluding hydrogens is 365 g/mol. The van der Waals surface area contributed by atoms with Gasteiger partial charge in [0.05, 0.1) is 5.69 Å². The van der Waals surface area contributed by atoms with Crippen LogP contribution < -0.4 is 10.2 Å². The van der Waals surface area contributed by atoms with Crippen LogP contribution >= 0.6 is 12.2 Å². The van der Waals surface area contributed by atoms with Gasteiger partial charge in [-0.05, 0) is 54.9 Å². The first-order valence-corrected chi connectivity index (χ1v) is 9.29. The molecule has 0 unspecified atom stereocenters. The Labute approximate surface area is 161 Å². The second-order valence-corrected chi connectivity index (χ2v) is 7.13. The van der Waals surface area contributed by atoms with E-state index in [1.807, 2.05) is 18.5 Å². The number of amides is 2. The third kappa shape index (κ3) is 3.30. The van der Waals surface area contributed by atoms with E-state index in [4.69, 9.17) is 12.2 Å². The highest BCUT2D eigenvalue weighted by Crippen LogP contribution is 2.30. The van der Waals surface area contributed by atoms with Gasteiger partial charge in [0, 0.05) is 18.4 Å². The number of rotatable bonds is 3. The fourth-order valence-corrected chi connectivity index (χ4v) is 3.90. The SMILES string of the molecule is O=C1NC(=S)N(c2ccccc2F)C(=O)/C1=C\c1ccn(C2CCCC2)c1. The molecule has 1 aliphatic heterocycles. The molecule has 7 heteroatoms. The molecule has 1 saturated carbocycles. The van der Waals surface area contributed by atoms with Gasteiger partial charge in [-0.15, -0.1) is 0 Å². The van der Waals surface area contributed by atoms with Crippen molar-refractivity contribution in [1.82, 2.24) is 9.88 Å². The summed E-state index contributed by atoms with van der Waals surface area (Å²) in [5, 5.41) is 2.34. The molecule has 2 amide bonds. The molecule has 27 heavy (non-hydrogen) atoms. The number of halogens is 1. The number of anilines is 1. The topological polar surface area (TPSA) is 54.3 Å².